The van der Waals surface area contributed by atoms with Crippen molar-refractivity contribution in [2.45, 2.75) is 26.2 Å². The number of rotatable bonds is 5. The fourth-order valence-corrected chi connectivity index (χ4v) is 3.58. The molecule has 0 heterocycles. The first kappa shape index (κ1) is 19.3. The summed E-state index contributed by atoms with van der Waals surface area (Å²) in [5.74, 6) is -3.76. The summed E-state index contributed by atoms with van der Waals surface area (Å²) in [4.78, 5) is 0. The Morgan fingerprint density at radius 3 is 1.79 bits per heavy atom. The Hall–Kier alpha value is -3.07. The monoisotopic (exact) mass is 390 g/mol. The van der Waals surface area contributed by atoms with Gasteiger partial charge in [-0.2, -0.15) is 0 Å². The number of benzene rings is 4. The molecule has 4 rings (SSSR count). The maximum Gasteiger partial charge on any atom is 0.195 e. The van der Waals surface area contributed by atoms with Crippen molar-refractivity contribution in [3.63, 3.8) is 0 Å². The van der Waals surface area contributed by atoms with Crippen LogP contribution in [0.2, 0.25) is 0 Å². The lowest BCUT2D eigenvalue weighted by atomic mass is 9.97. The van der Waals surface area contributed by atoms with Crippen molar-refractivity contribution in [1.29, 1.82) is 0 Å². The molecule has 0 aliphatic carbocycles. The number of hydrogen-bond donors (Lipinski definition) is 0. The first-order valence-electron chi connectivity index (χ1n) is 9.84. The quantitative estimate of drug-likeness (QED) is 0.303. The van der Waals surface area contributed by atoms with Gasteiger partial charge in [-0.1, -0.05) is 74.0 Å². The molecule has 146 valence electrons. The van der Waals surface area contributed by atoms with Gasteiger partial charge in [-0.25, -0.2) is 13.2 Å². The molecule has 29 heavy (non-hydrogen) atoms. The van der Waals surface area contributed by atoms with Gasteiger partial charge < -0.3 is 0 Å². The van der Waals surface area contributed by atoms with Crippen molar-refractivity contribution in [3.8, 4) is 22.3 Å². The van der Waals surface area contributed by atoms with Gasteiger partial charge in [-0.15, -0.1) is 0 Å². The van der Waals surface area contributed by atoms with Gasteiger partial charge >= 0.3 is 0 Å². The zero-order valence-electron chi connectivity index (χ0n) is 16.2. The van der Waals surface area contributed by atoms with Crippen molar-refractivity contribution < 1.29 is 13.2 Å². The van der Waals surface area contributed by atoms with Crippen LogP contribution in [-0.4, -0.2) is 0 Å². The van der Waals surface area contributed by atoms with Gasteiger partial charge in [0.25, 0.3) is 0 Å². The molecule has 0 radical (unpaired) electrons. The highest BCUT2D eigenvalue weighted by Crippen LogP contribution is 2.30. The molecule has 0 spiro atoms. The molecule has 3 heteroatoms. The van der Waals surface area contributed by atoms with E-state index in [0.717, 1.165) is 34.7 Å². The third kappa shape index (κ3) is 3.91. The maximum absolute atomic E-state index is 13.9. The van der Waals surface area contributed by atoms with Crippen molar-refractivity contribution in [1.82, 2.24) is 0 Å². The van der Waals surface area contributed by atoms with E-state index in [1.807, 2.05) is 24.3 Å². The summed E-state index contributed by atoms with van der Waals surface area (Å²) in [6.45, 7) is 2.19. The number of halogens is 3. The second-order valence-corrected chi connectivity index (χ2v) is 7.30. The van der Waals surface area contributed by atoms with Gasteiger partial charge in [-0.05, 0) is 58.2 Å². The highest BCUT2D eigenvalue weighted by molar-refractivity contribution is 5.88. The van der Waals surface area contributed by atoms with Crippen LogP contribution in [0.25, 0.3) is 33.0 Å². The van der Waals surface area contributed by atoms with Gasteiger partial charge in [0, 0.05) is 5.39 Å². The van der Waals surface area contributed by atoms with Crippen LogP contribution >= 0.6 is 0 Å². The van der Waals surface area contributed by atoms with E-state index < -0.39 is 17.5 Å². The predicted molar refractivity (Wildman–Crippen MR) is 113 cm³/mol. The average molecular weight is 390 g/mol. The fourth-order valence-electron chi connectivity index (χ4n) is 3.58. The van der Waals surface area contributed by atoms with E-state index in [2.05, 4.69) is 31.2 Å². The second kappa shape index (κ2) is 8.12. The zero-order chi connectivity index (χ0) is 20.4. The van der Waals surface area contributed by atoms with E-state index in [9.17, 15) is 13.2 Å². The highest BCUT2D eigenvalue weighted by atomic mass is 19.2. The van der Waals surface area contributed by atoms with E-state index in [0.29, 0.717) is 5.39 Å². The first-order chi connectivity index (χ1) is 14.1. The fraction of sp³-hybridized carbons (Fsp3) is 0.154. The summed E-state index contributed by atoms with van der Waals surface area (Å²) in [6, 6.07) is 22.6. The molecule has 0 aliphatic heterocycles. The molecule has 0 unspecified atom stereocenters. The molecule has 4 aromatic carbocycles. The lowest BCUT2D eigenvalue weighted by Crippen LogP contribution is -1.92. The molecule has 0 N–H and O–H groups in total. The summed E-state index contributed by atoms with van der Waals surface area (Å²) in [5.41, 5.74) is 5.36. The Morgan fingerprint density at radius 1 is 0.621 bits per heavy atom. The van der Waals surface area contributed by atoms with Gasteiger partial charge in [0.05, 0.1) is 0 Å². The molecular weight excluding hydrogens is 369 g/mol. The molecule has 0 amide bonds. The normalized spacial score (nSPS) is 11.2. The van der Waals surface area contributed by atoms with Crippen molar-refractivity contribution in [2.24, 2.45) is 0 Å². The minimum atomic E-state index is -1.43. The molecule has 0 nitrogen and oxygen atoms in total. The van der Waals surface area contributed by atoms with Gasteiger partial charge in [0.2, 0.25) is 0 Å². The average Bonchev–Trinajstić information content (AvgIpc) is 2.76. The maximum atomic E-state index is 13.9. The molecular formula is C26H21F3. The molecule has 0 saturated heterocycles. The van der Waals surface area contributed by atoms with Crippen molar-refractivity contribution in [2.75, 3.05) is 0 Å². The summed E-state index contributed by atoms with van der Waals surface area (Å²) in [5, 5.41) is 0.415. The zero-order valence-corrected chi connectivity index (χ0v) is 16.2. The van der Waals surface area contributed by atoms with E-state index in [-0.39, 0.29) is 5.39 Å². The van der Waals surface area contributed by atoms with Gasteiger partial charge in [0.15, 0.2) is 17.5 Å². The molecule has 0 aromatic heterocycles. The summed E-state index contributed by atoms with van der Waals surface area (Å²) in [6.07, 6.45) is 3.48. The molecule has 0 atom stereocenters. The van der Waals surface area contributed by atoms with Crippen molar-refractivity contribution >= 4 is 10.8 Å². The summed E-state index contributed by atoms with van der Waals surface area (Å²) < 4.78 is 40.9. The summed E-state index contributed by atoms with van der Waals surface area (Å²) in [7, 11) is 0. The van der Waals surface area contributed by atoms with Gasteiger partial charge in [0.1, 0.15) is 0 Å². The highest BCUT2D eigenvalue weighted by Gasteiger charge is 2.14. The minimum absolute atomic E-state index is 0.0763. The van der Waals surface area contributed by atoms with Crippen molar-refractivity contribution in [3.05, 3.63) is 95.8 Å². The number of aryl methyl sites for hydroxylation is 1. The third-order valence-corrected chi connectivity index (χ3v) is 5.30. The Morgan fingerprint density at radius 2 is 1.17 bits per heavy atom. The Kier molecular flexibility index (Phi) is 5.39. The minimum Gasteiger partial charge on any atom is -0.204 e. The van der Waals surface area contributed by atoms with Crippen LogP contribution in [0.15, 0.2) is 72.8 Å². The van der Waals surface area contributed by atoms with E-state index in [1.54, 1.807) is 12.1 Å². The Balaban J connectivity index is 1.61. The van der Waals surface area contributed by atoms with Crippen LogP contribution in [0.4, 0.5) is 13.2 Å². The smallest absolute Gasteiger partial charge is 0.195 e. The Labute approximate surface area is 168 Å². The van der Waals surface area contributed by atoms with E-state index in [4.69, 9.17) is 0 Å². The van der Waals surface area contributed by atoms with E-state index in [1.165, 1.54) is 24.5 Å². The van der Waals surface area contributed by atoms with E-state index >= 15 is 0 Å². The first-order valence-corrected chi connectivity index (χ1v) is 9.84. The topological polar surface area (TPSA) is 0 Å². The number of hydrogen-bond acceptors (Lipinski definition) is 0. The second-order valence-electron chi connectivity index (χ2n) is 7.30. The number of fused-ring (bicyclic) bond motifs is 1. The third-order valence-electron chi connectivity index (χ3n) is 5.30. The van der Waals surface area contributed by atoms with Crippen LogP contribution < -0.4 is 0 Å². The molecule has 0 fully saturated rings. The lowest BCUT2D eigenvalue weighted by molar-refractivity contribution is 0.453. The van der Waals surface area contributed by atoms with Gasteiger partial charge in [-0.3, -0.25) is 0 Å². The van der Waals surface area contributed by atoms with Crippen LogP contribution in [-0.2, 0) is 6.42 Å². The number of unbranched alkanes of at least 4 members (excludes halogenated alkanes) is 1. The molecule has 0 bridgehead atoms. The lowest BCUT2D eigenvalue weighted by Gasteiger charge is -2.08. The Bertz CT molecular complexity index is 1140. The molecule has 0 saturated carbocycles. The van der Waals surface area contributed by atoms with Crippen LogP contribution in [0.1, 0.15) is 25.3 Å². The summed E-state index contributed by atoms with van der Waals surface area (Å²) >= 11 is 0. The molecule has 0 aliphatic rings. The standard InChI is InChI=1S/C26H21F3/c1-2-3-4-17-5-7-18(8-6-17)19-9-11-20(12-10-19)21-13-14-23-22(15-21)16-24(27)26(29)25(23)28/h5-16H,2-4H2,1H3. The largest absolute Gasteiger partial charge is 0.204 e. The van der Waals surface area contributed by atoms with Crippen LogP contribution in [0, 0.1) is 17.5 Å². The predicted octanol–water partition coefficient (Wildman–Crippen LogP) is 7.93. The SMILES string of the molecule is CCCCc1ccc(-c2ccc(-c3ccc4c(F)c(F)c(F)cc4c3)cc2)cc1. The van der Waals surface area contributed by atoms with Crippen LogP contribution in [0.3, 0.4) is 0 Å². The molecule has 4 aromatic rings. The van der Waals surface area contributed by atoms with Crippen LogP contribution in [0.5, 0.6) is 0 Å².